The minimum Gasteiger partial charge on any atom is -0.506 e. The molecule has 54 valence electrons. The van der Waals surface area contributed by atoms with Crippen LogP contribution < -0.4 is 11.5 Å². The van der Waals surface area contributed by atoms with E-state index in [2.05, 4.69) is 0 Å². The second-order valence-corrected chi connectivity index (χ2v) is 1.97. The summed E-state index contributed by atoms with van der Waals surface area (Å²) in [4.78, 5) is 0. The number of rotatable bonds is 0. The van der Waals surface area contributed by atoms with E-state index in [1.165, 1.54) is 6.07 Å². The van der Waals surface area contributed by atoms with Crippen molar-refractivity contribution in [1.29, 1.82) is 0 Å². The first-order valence-corrected chi connectivity index (χ1v) is 2.68. The van der Waals surface area contributed by atoms with Crippen molar-refractivity contribution in [2.75, 3.05) is 11.5 Å². The van der Waals surface area contributed by atoms with E-state index >= 15 is 0 Å². The molecule has 0 amide bonds. The number of phenols is 2. The van der Waals surface area contributed by atoms with Crippen LogP contribution >= 0.6 is 0 Å². The Kier molecular flexibility index (Phi) is 1.30. The molecule has 0 unspecified atom stereocenters. The van der Waals surface area contributed by atoms with Gasteiger partial charge in [0, 0.05) is 6.07 Å². The summed E-state index contributed by atoms with van der Waals surface area (Å²) < 4.78 is 0. The summed E-state index contributed by atoms with van der Waals surface area (Å²) in [5, 5.41) is 17.8. The van der Waals surface area contributed by atoms with Crippen LogP contribution in [0.5, 0.6) is 11.5 Å². The maximum absolute atomic E-state index is 8.88. The fourth-order valence-electron chi connectivity index (χ4n) is 0.612. The number of nitrogen functional groups attached to an aromatic ring is 2. The van der Waals surface area contributed by atoms with E-state index in [-0.39, 0.29) is 22.9 Å². The average Bonchev–Trinajstić information content (AvgIpc) is 1.84. The van der Waals surface area contributed by atoms with Gasteiger partial charge >= 0.3 is 0 Å². The molecule has 0 aliphatic carbocycles. The molecule has 0 radical (unpaired) electrons. The molecule has 0 aliphatic rings. The molecule has 0 fully saturated rings. The molecule has 4 nitrogen and oxygen atoms in total. The minimum atomic E-state index is -0.160. The predicted molar refractivity (Wildman–Crippen MR) is 38.6 cm³/mol. The summed E-state index contributed by atoms with van der Waals surface area (Å²) in [6.07, 6.45) is 0. The molecule has 0 aliphatic heterocycles. The first-order valence-electron chi connectivity index (χ1n) is 2.68. The largest absolute Gasteiger partial charge is 0.506 e. The first kappa shape index (κ1) is 6.54. The van der Waals surface area contributed by atoms with Gasteiger partial charge in [-0.15, -0.1) is 0 Å². The van der Waals surface area contributed by atoms with Crippen LogP contribution in [0.2, 0.25) is 0 Å². The predicted octanol–water partition coefficient (Wildman–Crippen LogP) is 0.262. The maximum atomic E-state index is 8.88. The van der Waals surface area contributed by atoms with Crippen molar-refractivity contribution >= 4 is 11.4 Å². The summed E-state index contributed by atoms with van der Waals surface area (Å²) in [6, 6.07) is 2.40. The van der Waals surface area contributed by atoms with E-state index in [0.717, 1.165) is 6.07 Å². The Morgan fingerprint density at radius 2 is 1.30 bits per heavy atom. The molecule has 0 saturated heterocycles. The van der Waals surface area contributed by atoms with Crippen LogP contribution in [0.1, 0.15) is 0 Å². The van der Waals surface area contributed by atoms with Gasteiger partial charge in [0.05, 0.1) is 11.4 Å². The van der Waals surface area contributed by atoms with Crippen LogP contribution in [0, 0.1) is 0 Å². The molecule has 1 rings (SSSR count). The van der Waals surface area contributed by atoms with Gasteiger partial charge in [0.2, 0.25) is 0 Å². The smallest absolute Gasteiger partial charge is 0.142 e. The van der Waals surface area contributed by atoms with Gasteiger partial charge in [0.1, 0.15) is 11.5 Å². The Morgan fingerprint density at radius 3 is 1.60 bits per heavy atom. The second kappa shape index (κ2) is 1.98. The van der Waals surface area contributed by atoms with Crippen molar-refractivity contribution in [3.05, 3.63) is 12.1 Å². The molecule has 0 atom stereocenters. The number of nitrogens with two attached hydrogens (primary N) is 2. The molecular weight excluding hydrogens is 132 g/mol. The fraction of sp³-hybridized carbons (Fsp3) is 0. The highest BCUT2D eigenvalue weighted by atomic mass is 16.3. The highest BCUT2D eigenvalue weighted by molar-refractivity contribution is 5.66. The Bertz CT molecular complexity index is 210. The standard InChI is InChI=1S/C6H8N2O2/c7-3-1-4(8)6(10)2-5(3)9/h1-2,9-10H,7-8H2. The number of aromatic hydroxyl groups is 2. The lowest BCUT2D eigenvalue weighted by molar-refractivity contribution is 0.454. The summed E-state index contributed by atoms with van der Waals surface area (Å²) in [6.45, 7) is 0. The van der Waals surface area contributed by atoms with E-state index in [1.807, 2.05) is 0 Å². The molecular formula is C6H8N2O2. The third kappa shape index (κ3) is 0.907. The Labute approximate surface area is 57.7 Å². The molecule has 0 aromatic heterocycles. The van der Waals surface area contributed by atoms with Crippen molar-refractivity contribution in [3.63, 3.8) is 0 Å². The molecule has 6 N–H and O–H groups in total. The minimum absolute atomic E-state index is 0.160. The molecule has 0 saturated carbocycles. The lowest BCUT2D eigenvalue weighted by atomic mass is 10.2. The zero-order valence-electron chi connectivity index (χ0n) is 5.20. The third-order valence-corrected chi connectivity index (χ3v) is 1.18. The monoisotopic (exact) mass is 140 g/mol. The zero-order chi connectivity index (χ0) is 7.72. The topological polar surface area (TPSA) is 92.5 Å². The molecule has 0 heterocycles. The van der Waals surface area contributed by atoms with Crippen LogP contribution in [-0.4, -0.2) is 10.2 Å². The molecule has 1 aromatic rings. The summed E-state index contributed by atoms with van der Waals surface area (Å²) in [5.41, 5.74) is 10.8. The van der Waals surface area contributed by atoms with Gasteiger partial charge in [-0.25, -0.2) is 0 Å². The maximum Gasteiger partial charge on any atom is 0.142 e. The van der Waals surface area contributed by atoms with Crippen LogP contribution in [0.25, 0.3) is 0 Å². The number of anilines is 2. The number of hydrogen-bond donors (Lipinski definition) is 4. The molecule has 1 aromatic carbocycles. The van der Waals surface area contributed by atoms with Crippen LogP contribution in [0.15, 0.2) is 12.1 Å². The number of benzene rings is 1. The van der Waals surface area contributed by atoms with Gasteiger partial charge in [-0.1, -0.05) is 0 Å². The Morgan fingerprint density at radius 1 is 0.900 bits per heavy atom. The van der Waals surface area contributed by atoms with E-state index in [9.17, 15) is 0 Å². The lowest BCUT2D eigenvalue weighted by Gasteiger charge is -2.01. The molecule has 0 bridgehead atoms. The van der Waals surface area contributed by atoms with Crippen molar-refractivity contribution in [2.45, 2.75) is 0 Å². The van der Waals surface area contributed by atoms with Crippen molar-refractivity contribution in [2.24, 2.45) is 0 Å². The highest BCUT2D eigenvalue weighted by Gasteiger charge is 2.01. The molecule has 4 heteroatoms. The van der Waals surface area contributed by atoms with Gasteiger partial charge < -0.3 is 21.7 Å². The van der Waals surface area contributed by atoms with Crippen LogP contribution in [0.4, 0.5) is 11.4 Å². The quantitative estimate of drug-likeness (QED) is 0.236. The normalized spacial score (nSPS) is 9.60. The van der Waals surface area contributed by atoms with E-state index in [4.69, 9.17) is 21.7 Å². The fourth-order valence-corrected chi connectivity index (χ4v) is 0.612. The number of hydrogen-bond acceptors (Lipinski definition) is 4. The summed E-state index contributed by atoms with van der Waals surface area (Å²) >= 11 is 0. The zero-order valence-corrected chi connectivity index (χ0v) is 5.20. The first-order chi connectivity index (χ1) is 4.61. The van der Waals surface area contributed by atoms with E-state index < -0.39 is 0 Å². The van der Waals surface area contributed by atoms with Gasteiger partial charge in [-0.05, 0) is 6.07 Å². The van der Waals surface area contributed by atoms with E-state index in [0.29, 0.717) is 0 Å². The number of phenolic OH excluding ortho intramolecular Hbond substituents is 2. The van der Waals surface area contributed by atoms with Gasteiger partial charge in [0.15, 0.2) is 0 Å². The van der Waals surface area contributed by atoms with E-state index in [1.54, 1.807) is 0 Å². The van der Waals surface area contributed by atoms with Gasteiger partial charge in [-0.2, -0.15) is 0 Å². The van der Waals surface area contributed by atoms with Gasteiger partial charge in [0.25, 0.3) is 0 Å². The lowest BCUT2D eigenvalue weighted by Crippen LogP contribution is -1.90. The molecule has 0 spiro atoms. The molecule has 10 heavy (non-hydrogen) atoms. The van der Waals surface area contributed by atoms with Gasteiger partial charge in [-0.3, -0.25) is 0 Å². The second-order valence-electron chi connectivity index (χ2n) is 1.97. The average molecular weight is 140 g/mol. The van der Waals surface area contributed by atoms with Crippen molar-refractivity contribution in [3.8, 4) is 11.5 Å². The SMILES string of the molecule is Nc1cc(N)c(O)cc1O. The summed E-state index contributed by atoms with van der Waals surface area (Å²) in [7, 11) is 0. The van der Waals surface area contributed by atoms with Crippen LogP contribution in [-0.2, 0) is 0 Å². The summed E-state index contributed by atoms with van der Waals surface area (Å²) in [5.74, 6) is -0.321. The van der Waals surface area contributed by atoms with Crippen molar-refractivity contribution in [1.82, 2.24) is 0 Å². The highest BCUT2D eigenvalue weighted by Crippen LogP contribution is 2.30. The Hall–Kier alpha value is -1.58. The third-order valence-electron chi connectivity index (χ3n) is 1.18. The Balaban J connectivity index is 3.28. The van der Waals surface area contributed by atoms with Crippen molar-refractivity contribution < 1.29 is 10.2 Å². The van der Waals surface area contributed by atoms with Crippen LogP contribution in [0.3, 0.4) is 0 Å².